The van der Waals surface area contributed by atoms with Crippen molar-refractivity contribution in [1.29, 1.82) is 0 Å². The van der Waals surface area contributed by atoms with Crippen molar-refractivity contribution >= 4 is 52.9 Å². The normalized spacial score (nSPS) is 10.7. The highest BCUT2D eigenvalue weighted by atomic mass is 35.5. The van der Waals surface area contributed by atoms with E-state index >= 15 is 0 Å². The first kappa shape index (κ1) is 17.9. The van der Waals surface area contributed by atoms with E-state index in [2.05, 4.69) is 15.5 Å². The molecule has 0 aliphatic heterocycles. The Morgan fingerprint density at radius 2 is 1.92 bits per heavy atom. The number of carbonyl (C=O) groups excluding carboxylic acids is 1. The van der Waals surface area contributed by atoms with E-state index in [0.717, 1.165) is 5.69 Å². The zero-order chi connectivity index (χ0) is 18.0. The number of nitrogens with one attached hydrogen (secondary N) is 2. The van der Waals surface area contributed by atoms with Crippen molar-refractivity contribution < 1.29 is 4.79 Å². The van der Waals surface area contributed by atoms with E-state index < -0.39 is 0 Å². The van der Waals surface area contributed by atoms with Crippen molar-refractivity contribution in [2.24, 2.45) is 0 Å². The van der Waals surface area contributed by atoms with Crippen molar-refractivity contribution in [3.05, 3.63) is 73.7 Å². The quantitative estimate of drug-likeness (QED) is 0.603. The average Bonchev–Trinajstić information content (AvgIpc) is 2.93. The lowest BCUT2D eigenvalue weighted by atomic mass is 10.2. The Morgan fingerprint density at radius 1 is 1.16 bits per heavy atom. The maximum atomic E-state index is 12.3. The van der Waals surface area contributed by atoms with Gasteiger partial charge in [0.2, 0.25) is 0 Å². The maximum Gasteiger partial charge on any atom is 0.253 e. The van der Waals surface area contributed by atoms with Crippen LogP contribution in [0.4, 0.5) is 0 Å². The Balaban J connectivity index is 1.83. The highest BCUT2D eigenvalue weighted by molar-refractivity contribution is 7.71. The molecule has 0 radical (unpaired) electrons. The molecule has 0 aliphatic carbocycles. The number of aromatic amines is 1. The largest absolute Gasteiger partial charge is 0.345 e. The monoisotopic (exact) mass is 412 g/mol. The molecule has 128 valence electrons. The molecule has 1 heterocycles. The molecule has 3 aromatic rings. The van der Waals surface area contributed by atoms with Gasteiger partial charge < -0.3 is 5.32 Å². The van der Waals surface area contributed by atoms with Gasteiger partial charge in [0.25, 0.3) is 5.91 Å². The Morgan fingerprint density at radius 3 is 2.64 bits per heavy atom. The number of nitrogens with zero attached hydrogens (tertiary/aromatic N) is 2. The number of hydrogen-bond acceptors (Lipinski definition) is 3. The molecule has 0 atom stereocenters. The molecule has 1 amide bonds. The van der Waals surface area contributed by atoms with Crippen LogP contribution in [-0.4, -0.2) is 20.7 Å². The fraction of sp³-hybridized carbons (Fsp3) is 0.0625. The summed E-state index contributed by atoms with van der Waals surface area (Å²) in [6, 6.07) is 11.9. The van der Waals surface area contributed by atoms with E-state index in [1.54, 1.807) is 28.8 Å². The topological polar surface area (TPSA) is 62.7 Å². The lowest BCUT2D eigenvalue weighted by molar-refractivity contribution is 0.0950. The summed E-state index contributed by atoms with van der Waals surface area (Å²) < 4.78 is 2.10. The van der Waals surface area contributed by atoms with E-state index in [0.29, 0.717) is 26.2 Å². The van der Waals surface area contributed by atoms with Crippen LogP contribution < -0.4 is 5.32 Å². The molecule has 2 aromatic carbocycles. The van der Waals surface area contributed by atoms with Gasteiger partial charge in [-0.15, -0.1) is 0 Å². The number of H-pyrrole nitrogens is 1. The molecule has 0 spiro atoms. The molecule has 0 fully saturated rings. The molecule has 5 nitrogen and oxygen atoms in total. The van der Waals surface area contributed by atoms with E-state index in [9.17, 15) is 4.79 Å². The van der Waals surface area contributed by atoms with Gasteiger partial charge in [-0.25, -0.2) is 0 Å². The van der Waals surface area contributed by atoms with Crippen LogP contribution in [0.2, 0.25) is 15.1 Å². The lowest BCUT2D eigenvalue weighted by Gasteiger charge is -2.09. The first-order chi connectivity index (χ1) is 12.0. The molecular weight excluding hydrogens is 403 g/mol. The van der Waals surface area contributed by atoms with Crippen LogP contribution in [0.25, 0.3) is 5.69 Å². The van der Waals surface area contributed by atoms with E-state index in [1.165, 1.54) is 6.07 Å². The number of amides is 1. The molecule has 0 unspecified atom stereocenters. The molecule has 0 saturated heterocycles. The molecule has 0 bridgehead atoms. The summed E-state index contributed by atoms with van der Waals surface area (Å²) in [4.78, 5) is 12.3. The van der Waals surface area contributed by atoms with Crippen LogP contribution in [0.1, 0.15) is 16.2 Å². The number of hydrogen-bond donors (Lipinski definition) is 2. The van der Waals surface area contributed by atoms with Crippen LogP contribution in [0, 0.1) is 4.77 Å². The van der Waals surface area contributed by atoms with Crippen LogP contribution in [0.15, 0.2) is 42.5 Å². The van der Waals surface area contributed by atoms with E-state index in [4.69, 9.17) is 47.0 Å². The van der Waals surface area contributed by atoms with E-state index in [1.807, 2.05) is 12.1 Å². The minimum absolute atomic E-state index is 0.150. The molecule has 0 aliphatic rings. The average molecular weight is 414 g/mol. The molecular formula is C16H11Cl3N4OS. The lowest BCUT2D eigenvalue weighted by Crippen LogP contribution is -2.25. The van der Waals surface area contributed by atoms with Gasteiger partial charge in [0.15, 0.2) is 10.6 Å². The second-order valence-corrected chi connectivity index (χ2v) is 6.73. The zero-order valence-corrected chi connectivity index (χ0v) is 15.7. The second kappa shape index (κ2) is 7.58. The van der Waals surface area contributed by atoms with Gasteiger partial charge in [0.05, 0.1) is 22.8 Å². The third-order valence-electron chi connectivity index (χ3n) is 3.39. The standard InChI is InChI=1S/C16H11Cl3N4OS/c17-9-2-1-3-11(6-9)23-14(21-22-16(23)25)8-20-15(24)12-5-4-10(18)7-13(12)19/h1-7H,8H2,(H,20,24)(H,22,25). The van der Waals surface area contributed by atoms with Gasteiger partial charge >= 0.3 is 0 Å². The summed E-state index contributed by atoms with van der Waals surface area (Å²) in [5.41, 5.74) is 1.08. The third kappa shape index (κ3) is 4.04. The minimum atomic E-state index is -0.340. The number of carbonyl (C=O) groups is 1. The predicted molar refractivity (Wildman–Crippen MR) is 101 cm³/mol. The first-order valence-electron chi connectivity index (χ1n) is 7.11. The molecule has 2 N–H and O–H groups in total. The fourth-order valence-electron chi connectivity index (χ4n) is 2.26. The zero-order valence-electron chi connectivity index (χ0n) is 12.6. The number of aromatic nitrogens is 3. The molecule has 1 aromatic heterocycles. The third-order valence-corrected chi connectivity index (χ3v) is 4.45. The Bertz CT molecular complexity index is 999. The van der Waals surface area contributed by atoms with Gasteiger partial charge in [-0.1, -0.05) is 40.9 Å². The number of benzene rings is 2. The van der Waals surface area contributed by atoms with Crippen molar-refractivity contribution in [3.8, 4) is 5.69 Å². The van der Waals surface area contributed by atoms with Gasteiger partial charge in [-0.2, -0.15) is 5.10 Å². The summed E-state index contributed by atoms with van der Waals surface area (Å²) in [7, 11) is 0. The maximum absolute atomic E-state index is 12.3. The fourth-order valence-corrected chi connectivity index (χ4v) is 3.19. The second-order valence-electron chi connectivity index (χ2n) is 5.07. The van der Waals surface area contributed by atoms with Gasteiger partial charge in [-0.3, -0.25) is 14.5 Å². The molecule has 0 saturated carbocycles. The highest BCUT2D eigenvalue weighted by Crippen LogP contribution is 2.21. The smallest absolute Gasteiger partial charge is 0.253 e. The van der Waals surface area contributed by atoms with Crippen molar-refractivity contribution in [3.63, 3.8) is 0 Å². The predicted octanol–water partition coefficient (Wildman–Crippen LogP) is 4.82. The molecule has 25 heavy (non-hydrogen) atoms. The summed E-state index contributed by atoms with van der Waals surface area (Å²) in [5, 5.41) is 10.9. The molecule has 9 heteroatoms. The SMILES string of the molecule is O=C(NCc1n[nH]c(=S)n1-c1cccc(Cl)c1)c1ccc(Cl)cc1Cl. The van der Waals surface area contributed by atoms with Gasteiger partial charge in [0, 0.05) is 10.0 Å². The Labute approximate surface area is 163 Å². The molecule has 3 rings (SSSR count). The van der Waals surface area contributed by atoms with Crippen molar-refractivity contribution in [2.45, 2.75) is 6.54 Å². The Kier molecular flexibility index (Phi) is 5.44. The summed E-state index contributed by atoms with van der Waals surface area (Å²) in [5.74, 6) is 0.193. The van der Waals surface area contributed by atoms with E-state index in [-0.39, 0.29) is 17.5 Å². The van der Waals surface area contributed by atoms with Crippen LogP contribution in [0.5, 0.6) is 0 Å². The highest BCUT2D eigenvalue weighted by Gasteiger charge is 2.13. The Hall–Kier alpha value is -1.86. The van der Waals surface area contributed by atoms with Crippen molar-refractivity contribution in [2.75, 3.05) is 0 Å². The summed E-state index contributed by atoms with van der Waals surface area (Å²) in [6.07, 6.45) is 0. The van der Waals surface area contributed by atoms with Crippen LogP contribution >= 0.6 is 47.0 Å². The first-order valence-corrected chi connectivity index (χ1v) is 8.65. The summed E-state index contributed by atoms with van der Waals surface area (Å²) >= 11 is 23.2. The summed E-state index contributed by atoms with van der Waals surface area (Å²) in [6.45, 7) is 0.150. The van der Waals surface area contributed by atoms with Crippen molar-refractivity contribution in [1.82, 2.24) is 20.1 Å². The minimum Gasteiger partial charge on any atom is -0.345 e. The van der Waals surface area contributed by atoms with Crippen LogP contribution in [-0.2, 0) is 6.54 Å². The number of rotatable bonds is 4. The van der Waals surface area contributed by atoms with Gasteiger partial charge in [0.1, 0.15) is 0 Å². The van der Waals surface area contributed by atoms with Gasteiger partial charge in [-0.05, 0) is 48.6 Å². The number of halogens is 3. The van der Waals surface area contributed by atoms with Crippen LogP contribution in [0.3, 0.4) is 0 Å².